The molecule has 14 heavy (non-hydrogen) atoms. The van der Waals surface area contributed by atoms with E-state index in [1.165, 1.54) is 39.0 Å². The molecule has 1 aliphatic rings. The Morgan fingerprint density at radius 3 is 2.00 bits per heavy atom. The van der Waals surface area contributed by atoms with Crippen LogP contribution in [0.25, 0.3) is 0 Å². The molecule has 0 bridgehead atoms. The summed E-state index contributed by atoms with van der Waals surface area (Å²) in [7, 11) is 0. The van der Waals surface area contributed by atoms with Gasteiger partial charge in [0.2, 0.25) is 0 Å². The average Bonchev–Trinajstić information content (AvgIpc) is 2.19. The number of ether oxygens (including phenoxy) is 1. The highest BCUT2D eigenvalue weighted by atomic mass is 16.5. The summed E-state index contributed by atoms with van der Waals surface area (Å²) in [6.07, 6.45) is 8.75. The normalized spacial score (nSPS) is 16.8. The second kappa shape index (κ2) is 9.04. The van der Waals surface area contributed by atoms with Crippen molar-refractivity contribution in [3.05, 3.63) is 0 Å². The summed E-state index contributed by atoms with van der Waals surface area (Å²) in [5.41, 5.74) is 0. The minimum Gasteiger partial charge on any atom is -0.463 e. The second-order valence-corrected chi connectivity index (χ2v) is 3.87. The van der Waals surface area contributed by atoms with E-state index in [0.29, 0.717) is 0 Å². The molecule has 0 N–H and O–H groups in total. The van der Waals surface area contributed by atoms with Crippen LogP contribution in [0.3, 0.4) is 0 Å². The Morgan fingerprint density at radius 1 is 1.14 bits per heavy atom. The summed E-state index contributed by atoms with van der Waals surface area (Å²) in [6, 6.07) is 0. The van der Waals surface area contributed by atoms with E-state index in [9.17, 15) is 4.79 Å². The molecule has 0 unspecified atom stereocenters. The SMILES string of the molecule is CC(=O)OC1CCCCC1.CCCC. The maximum Gasteiger partial charge on any atom is 0.302 e. The van der Waals surface area contributed by atoms with Gasteiger partial charge in [0.1, 0.15) is 6.10 Å². The molecule has 0 spiro atoms. The Balaban J connectivity index is 0.000000364. The van der Waals surface area contributed by atoms with Crippen LogP contribution in [-0.2, 0) is 9.53 Å². The van der Waals surface area contributed by atoms with Gasteiger partial charge >= 0.3 is 5.97 Å². The van der Waals surface area contributed by atoms with Crippen LogP contribution in [0.2, 0.25) is 0 Å². The van der Waals surface area contributed by atoms with E-state index < -0.39 is 0 Å². The third-order valence-corrected chi connectivity index (χ3v) is 2.38. The summed E-state index contributed by atoms with van der Waals surface area (Å²) >= 11 is 0. The van der Waals surface area contributed by atoms with Gasteiger partial charge in [0.25, 0.3) is 0 Å². The smallest absolute Gasteiger partial charge is 0.302 e. The summed E-state index contributed by atoms with van der Waals surface area (Å²) in [4.78, 5) is 10.5. The first-order valence-electron chi connectivity index (χ1n) is 5.87. The Labute approximate surface area is 88.0 Å². The molecule has 1 rings (SSSR count). The number of hydrogen-bond acceptors (Lipinski definition) is 2. The van der Waals surface area contributed by atoms with Crippen molar-refractivity contribution in [2.45, 2.75) is 71.8 Å². The summed E-state index contributed by atoms with van der Waals surface area (Å²) < 4.78 is 5.05. The van der Waals surface area contributed by atoms with Crippen molar-refractivity contribution >= 4 is 5.97 Å². The van der Waals surface area contributed by atoms with Crippen molar-refractivity contribution in [1.29, 1.82) is 0 Å². The molecule has 0 saturated heterocycles. The first-order chi connectivity index (χ1) is 6.70. The van der Waals surface area contributed by atoms with Crippen molar-refractivity contribution in [1.82, 2.24) is 0 Å². The molecule has 1 aliphatic carbocycles. The van der Waals surface area contributed by atoms with Crippen molar-refractivity contribution in [3.63, 3.8) is 0 Å². The number of carbonyl (C=O) groups excluding carboxylic acids is 1. The Hall–Kier alpha value is -0.530. The van der Waals surface area contributed by atoms with Crippen LogP contribution in [-0.4, -0.2) is 12.1 Å². The molecule has 0 aliphatic heterocycles. The average molecular weight is 200 g/mol. The van der Waals surface area contributed by atoms with Crippen molar-refractivity contribution in [2.24, 2.45) is 0 Å². The first-order valence-corrected chi connectivity index (χ1v) is 5.87. The van der Waals surface area contributed by atoms with Gasteiger partial charge < -0.3 is 4.74 Å². The lowest BCUT2D eigenvalue weighted by atomic mass is 9.98. The second-order valence-electron chi connectivity index (χ2n) is 3.87. The topological polar surface area (TPSA) is 26.3 Å². The molecule has 0 atom stereocenters. The molecular formula is C12H24O2. The molecular weight excluding hydrogens is 176 g/mol. The Kier molecular flexibility index (Phi) is 8.70. The van der Waals surface area contributed by atoms with Gasteiger partial charge in [-0.3, -0.25) is 4.79 Å². The summed E-state index contributed by atoms with van der Waals surface area (Å²) in [6.45, 7) is 5.84. The largest absolute Gasteiger partial charge is 0.463 e. The van der Waals surface area contributed by atoms with Gasteiger partial charge in [-0.2, -0.15) is 0 Å². The highest BCUT2D eigenvalue weighted by Gasteiger charge is 2.14. The number of rotatable bonds is 2. The van der Waals surface area contributed by atoms with Crippen LogP contribution >= 0.6 is 0 Å². The summed E-state index contributed by atoms with van der Waals surface area (Å²) in [5.74, 6) is -0.132. The van der Waals surface area contributed by atoms with E-state index >= 15 is 0 Å². The number of carbonyl (C=O) groups is 1. The summed E-state index contributed by atoms with van der Waals surface area (Å²) in [5, 5.41) is 0. The molecule has 0 aromatic rings. The fourth-order valence-electron chi connectivity index (χ4n) is 1.42. The predicted octanol–water partition coefficient (Wildman–Crippen LogP) is 3.69. The van der Waals surface area contributed by atoms with Crippen LogP contribution in [0.5, 0.6) is 0 Å². The molecule has 0 aromatic heterocycles. The Morgan fingerprint density at radius 2 is 1.64 bits per heavy atom. The third-order valence-electron chi connectivity index (χ3n) is 2.38. The van der Waals surface area contributed by atoms with Gasteiger partial charge in [-0.05, 0) is 25.7 Å². The van der Waals surface area contributed by atoms with E-state index in [1.807, 2.05) is 0 Å². The van der Waals surface area contributed by atoms with Gasteiger partial charge in [0, 0.05) is 6.92 Å². The van der Waals surface area contributed by atoms with Crippen molar-refractivity contribution < 1.29 is 9.53 Å². The van der Waals surface area contributed by atoms with E-state index in [-0.39, 0.29) is 12.1 Å². The molecule has 84 valence electrons. The molecule has 0 heterocycles. The third kappa shape index (κ3) is 8.09. The maximum absolute atomic E-state index is 10.5. The molecule has 0 aromatic carbocycles. The zero-order valence-corrected chi connectivity index (χ0v) is 9.84. The molecule has 1 saturated carbocycles. The van der Waals surface area contributed by atoms with E-state index in [1.54, 1.807) is 0 Å². The minimum absolute atomic E-state index is 0.132. The van der Waals surface area contributed by atoms with Gasteiger partial charge in [-0.15, -0.1) is 0 Å². The van der Waals surface area contributed by atoms with Crippen LogP contribution < -0.4 is 0 Å². The quantitative estimate of drug-likeness (QED) is 0.635. The molecule has 2 nitrogen and oxygen atoms in total. The molecule has 1 fully saturated rings. The fraction of sp³-hybridized carbons (Fsp3) is 0.917. The van der Waals surface area contributed by atoms with Crippen LogP contribution in [0.15, 0.2) is 0 Å². The predicted molar refractivity (Wildman–Crippen MR) is 59.2 cm³/mol. The highest BCUT2D eigenvalue weighted by Crippen LogP contribution is 2.19. The number of unbranched alkanes of at least 4 members (excludes halogenated alkanes) is 1. The Bertz CT molecular complexity index is 135. The fourth-order valence-corrected chi connectivity index (χ4v) is 1.42. The minimum atomic E-state index is -0.132. The first kappa shape index (κ1) is 13.5. The van der Waals surface area contributed by atoms with E-state index in [0.717, 1.165) is 12.8 Å². The van der Waals surface area contributed by atoms with Crippen LogP contribution in [0.4, 0.5) is 0 Å². The monoisotopic (exact) mass is 200 g/mol. The number of hydrogen-bond donors (Lipinski definition) is 0. The van der Waals surface area contributed by atoms with Gasteiger partial charge in [-0.25, -0.2) is 0 Å². The lowest BCUT2D eigenvalue weighted by Crippen LogP contribution is -2.18. The van der Waals surface area contributed by atoms with Crippen molar-refractivity contribution in [2.75, 3.05) is 0 Å². The zero-order chi connectivity index (χ0) is 10.8. The molecule has 2 heteroatoms. The lowest BCUT2D eigenvalue weighted by molar-refractivity contribution is -0.147. The van der Waals surface area contributed by atoms with Crippen molar-refractivity contribution in [3.8, 4) is 0 Å². The van der Waals surface area contributed by atoms with Gasteiger partial charge in [0.05, 0.1) is 0 Å². The molecule has 0 amide bonds. The van der Waals surface area contributed by atoms with Crippen LogP contribution in [0, 0.1) is 0 Å². The van der Waals surface area contributed by atoms with E-state index in [4.69, 9.17) is 4.74 Å². The highest BCUT2D eigenvalue weighted by molar-refractivity contribution is 5.66. The zero-order valence-electron chi connectivity index (χ0n) is 9.84. The van der Waals surface area contributed by atoms with Gasteiger partial charge in [0.15, 0.2) is 0 Å². The number of esters is 1. The van der Waals surface area contributed by atoms with Gasteiger partial charge in [-0.1, -0.05) is 33.1 Å². The maximum atomic E-state index is 10.5. The molecule has 0 radical (unpaired) electrons. The van der Waals surface area contributed by atoms with E-state index in [2.05, 4.69) is 13.8 Å². The van der Waals surface area contributed by atoms with Crippen LogP contribution in [0.1, 0.15) is 65.7 Å². The lowest BCUT2D eigenvalue weighted by Gasteiger charge is -2.20. The standard InChI is InChI=1S/C8H14O2.C4H10/c1-7(9)10-8-5-3-2-4-6-8;1-3-4-2/h8H,2-6H2,1H3;3-4H2,1-2H3.